The molecule has 31 heavy (non-hydrogen) atoms. The lowest BCUT2D eigenvalue weighted by molar-refractivity contribution is -0.170. The monoisotopic (exact) mass is 436 g/mol. The molecule has 3 amide bonds. The topological polar surface area (TPSA) is 87.2 Å². The lowest BCUT2D eigenvalue weighted by Gasteiger charge is -2.26. The van der Waals surface area contributed by atoms with Gasteiger partial charge in [0.2, 0.25) is 0 Å². The van der Waals surface area contributed by atoms with Gasteiger partial charge in [0.15, 0.2) is 6.23 Å². The van der Waals surface area contributed by atoms with Crippen LogP contribution in [0.4, 0.5) is 18.0 Å². The van der Waals surface area contributed by atoms with E-state index in [0.29, 0.717) is 22.5 Å². The highest BCUT2D eigenvalue weighted by molar-refractivity contribution is 6.05. The van der Waals surface area contributed by atoms with E-state index in [1.165, 1.54) is 13.8 Å². The zero-order valence-corrected chi connectivity index (χ0v) is 16.6. The van der Waals surface area contributed by atoms with Gasteiger partial charge in [-0.2, -0.15) is 13.2 Å². The van der Waals surface area contributed by atoms with E-state index in [4.69, 9.17) is 4.74 Å². The number of rotatable bonds is 3. The van der Waals surface area contributed by atoms with Crippen LogP contribution in [0.5, 0.6) is 0 Å². The fourth-order valence-electron chi connectivity index (χ4n) is 4.51. The number of hydrogen-bond donors (Lipinski definition) is 1. The van der Waals surface area contributed by atoms with Crippen molar-refractivity contribution in [1.29, 1.82) is 0 Å². The number of hydrogen-bond acceptors (Lipinski definition) is 4. The number of amides is 3. The number of likely N-dealkylation sites (tertiary alicyclic amines) is 1. The maximum Gasteiger partial charge on any atom is 0.414 e. The minimum absolute atomic E-state index is 0.0559. The minimum atomic E-state index is -4.63. The molecule has 2 aliphatic heterocycles. The number of alkyl halides is 3. The predicted octanol–water partition coefficient (Wildman–Crippen LogP) is 3.39. The number of fused-ring (bicyclic) bond motifs is 3. The number of carbonyl (C=O) groups is 3. The molecule has 1 aromatic carbocycles. The van der Waals surface area contributed by atoms with Gasteiger partial charge in [-0.1, -0.05) is 24.3 Å². The van der Waals surface area contributed by atoms with E-state index in [1.807, 2.05) is 12.1 Å². The summed E-state index contributed by atoms with van der Waals surface area (Å²) in [5.74, 6) is -2.09. The molecule has 2 heterocycles. The molecular weight excluding hydrogens is 417 g/mol. The summed E-state index contributed by atoms with van der Waals surface area (Å²) in [7, 11) is 0. The van der Waals surface area contributed by atoms with Crippen molar-refractivity contribution in [3.63, 3.8) is 0 Å². The quantitative estimate of drug-likeness (QED) is 0.580. The SMILES string of the molecule is CC1=C(C)C(OC=C2C(=O)N(C(=O)O)C3c4ccccc4CC23)N(CC(F)(F)F)C1=O. The molecular formula is C21H19F3N2O5. The Balaban J connectivity index is 1.66. The molecule has 3 aliphatic rings. The van der Waals surface area contributed by atoms with Crippen molar-refractivity contribution in [3.8, 4) is 0 Å². The first kappa shape index (κ1) is 21.0. The van der Waals surface area contributed by atoms with Gasteiger partial charge in [0.25, 0.3) is 11.8 Å². The van der Waals surface area contributed by atoms with Crippen LogP contribution in [0.15, 0.2) is 47.2 Å². The second-order valence-electron chi connectivity index (χ2n) is 7.83. The molecule has 0 spiro atoms. The van der Waals surface area contributed by atoms with E-state index >= 15 is 0 Å². The summed E-state index contributed by atoms with van der Waals surface area (Å²) in [4.78, 5) is 38.1. The van der Waals surface area contributed by atoms with Crippen LogP contribution in [0.2, 0.25) is 0 Å². The van der Waals surface area contributed by atoms with Crippen molar-refractivity contribution < 1.29 is 37.4 Å². The van der Waals surface area contributed by atoms with Gasteiger partial charge in [0.05, 0.1) is 17.9 Å². The van der Waals surface area contributed by atoms with E-state index in [-0.39, 0.29) is 11.1 Å². The Morgan fingerprint density at radius 3 is 2.55 bits per heavy atom. The number of benzene rings is 1. The first-order valence-electron chi connectivity index (χ1n) is 9.56. The second kappa shape index (κ2) is 7.14. The highest BCUT2D eigenvalue weighted by Crippen LogP contribution is 2.49. The van der Waals surface area contributed by atoms with Crippen LogP contribution < -0.4 is 0 Å². The maximum atomic E-state index is 13.0. The van der Waals surface area contributed by atoms with Crippen molar-refractivity contribution in [2.24, 2.45) is 5.92 Å². The third-order valence-electron chi connectivity index (χ3n) is 6.04. The lowest BCUT2D eigenvalue weighted by atomic mass is 9.97. The summed E-state index contributed by atoms with van der Waals surface area (Å²) in [5.41, 5.74) is 2.11. The minimum Gasteiger partial charge on any atom is -0.474 e. The van der Waals surface area contributed by atoms with E-state index in [2.05, 4.69) is 0 Å². The van der Waals surface area contributed by atoms with E-state index in [9.17, 15) is 32.7 Å². The Morgan fingerprint density at radius 1 is 1.23 bits per heavy atom. The number of imide groups is 1. The van der Waals surface area contributed by atoms with Crippen LogP contribution in [-0.2, 0) is 20.7 Å². The van der Waals surface area contributed by atoms with E-state index < -0.39 is 48.8 Å². The third kappa shape index (κ3) is 3.35. The van der Waals surface area contributed by atoms with Gasteiger partial charge in [-0.15, -0.1) is 0 Å². The fourth-order valence-corrected chi connectivity index (χ4v) is 4.51. The van der Waals surface area contributed by atoms with E-state index in [1.54, 1.807) is 12.1 Å². The van der Waals surface area contributed by atoms with Crippen LogP contribution in [0.1, 0.15) is 31.0 Å². The Morgan fingerprint density at radius 2 is 1.90 bits per heavy atom. The predicted molar refractivity (Wildman–Crippen MR) is 100 cm³/mol. The Bertz CT molecular complexity index is 1050. The van der Waals surface area contributed by atoms with Crippen molar-refractivity contribution in [2.45, 2.75) is 38.7 Å². The number of nitrogens with zero attached hydrogens (tertiary/aromatic N) is 2. The van der Waals surface area contributed by atoms with Gasteiger partial charge in [-0.25, -0.2) is 9.69 Å². The Kier molecular flexibility index (Phi) is 4.83. The lowest BCUT2D eigenvalue weighted by Crippen LogP contribution is -2.42. The van der Waals surface area contributed by atoms with Crippen LogP contribution in [-0.4, -0.2) is 51.8 Å². The smallest absolute Gasteiger partial charge is 0.414 e. The first-order chi connectivity index (χ1) is 14.5. The molecule has 0 radical (unpaired) electrons. The molecule has 1 aromatic rings. The van der Waals surface area contributed by atoms with Crippen molar-refractivity contribution in [2.75, 3.05) is 6.54 Å². The summed E-state index contributed by atoms with van der Waals surface area (Å²) in [6, 6.07) is 6.44. The van der Waals surface area contributed by atoms with Crippen LogP contribution in [0, 0.1) is 5.92 Å². The first-order valence-corrected chi connectivity index (χ1v) is 9.56. The van der Waals surface area contributed by atoms with E-state index in [0.717, 1.165) is 16.7 Å². The summed E-state index contributed by atoms with van der Waals surface area (Å²) in [6.07, 6.45) is -5.94. The van der Waals surface area contributed by atoms with Crippen molar-refractivity contribution >= 4 is 17.9 Å². The van der Waals surface area contributed by atoms with Crippen LogP contribution in [0.3, 0.4) is 0 Å². The normalized spacial score (nSPS) is 26.7. The number of halogens is 3. The maximum absolute atomic E-state index is 13.0. The second-order valence-corrected chi connectivity index (χ2v) is 7.83. The number of carboxylic acid groups (broad SMARTS) is 1. The largest absolute Gasteiger partial charge is 0.474 e. The Labute approximate surface area is 175 Å². The molecule has 7 nitrogen and oxygen atoms in total. The fraction of sp³-hybridized carbons (Fsp3) is 0.381. The molecule has 4 rings (SSSR count). The molecule has 0 aromatic heterocycles. The van der Waals surface area contributed by atoms with Gasteiger partial charge in [0, 0.05) is 11.5 Å². The molecule has 0 bridgehead atoms. The van der Waals surface area contributed by atoms with Crippen molar-refractivity contribution in [3.05, 3.63) is 58.4 Å². The zero-order chi connectivity index (χ0) is 22.7. The summed E-state index contributed by atoms with van der Waals surface area (Å²) in [6.45, 7) is 1.40. The van der Waals surface area contributed by atoms with Gasteiger partial charge < -0.3 is 9.84 Å². The third-order valence-corrected chi connectivity index (χ3v) is 6.04. The number of ether oxygens (including phenoxy) is 1. The summed E-state index contributed by atoms with van der Waals surface area (Å²) >= 11 is 0. The van der Waals surface area contributed by atoms with Gasteiger partial charge in [-0.05, 0) is 37.0 Å². The van der Waals surface area contributed by atoms with Crippen LogP contribution >= 0.6 is 0 Å². The molecule has 1 aliphatic carbocycles. The zero-order valence-electron chi connectivity index (χ0n) is 16.6. The summed E-state index contributed by atoms with van der Waals surface area (Å²) in [5, 5.41) is 9.59. The Hall–Kier alpha value is -3.30. The van der Waals surface area contributed by atoms with Gasteiger partial charge in [0.1, 0.15) is 6.54 Å². The molecule has 164 valence electrons. The number of carbonyl (C=O) groups excluding carboxylic acids is 2. The highest BCUT2D eigenvalue weighted by Gasteiger charge is 2.52. The average Bonchev–Trinajstić information content (AvgIpc) is 3.24. The molecule has 0 saturated carbocycles. The standard InChI is InChI=1S/C21H19F3N2O5/c1-10-11(2)19(25(17(10)27)9-21(22,23)24)31-8-15-14-7-12-5-3-4-6-13(12)16(14)26(18(15)28)20(29)30/h3-6,8,14,16,19H,7,9H2,1-2H3,(H,29,30). The molecule has 3 atom stereocenters. The molecule has 1 saturated heterocycles. The summed E-state index contributed by atoms with van der Waals surface area (Å²) < 4.78 is 44.5. The van der Waals surface area contributed by atoms with Gasteiger partial charge in [-0.3, -0.25) is 14.5 Å². The molecule has 3 unspecified atom stereocenters. The average molecular weight is 436 g/mol. The van der Waals surface area contributed by atoms with Crippen molar-refractivity contribution in [1.82, 2.24) is 9.80 Å². The molecule has 1 N–H and O–H groups in total. The van der Waals surface area contributed by atoms with Crippen LogP contribution in [0.25, 0.3) is 0 Å². The molecule has 1 fully saturated rings. The van der Waals surface area contributed by atoms with Gasteiger partial charge >= 0.3 is 12.3 Å². The highest BCUT2D eigenvalue weighted by atomic mass is 19.4. The molecule has 10 heteroatoms.